The highest BCUT2D eigenvalue weighted by atomic mass is 32.1. The zero-order chi connectivity index (χ0) is 20.5. The van der Waals surface area contributed by atoms with E-state index in [1.807, 2.05) is 10.3 Å². The summed E-state index contributed by atoms with van der Waals surface area (Å²) in [6, 6.07) is 0.0761. The van der Waals surface area contributed by atoms with Crippen molar-refractivity contribution in [1.29, 1.82) is 0 Å². The number of thiazole rings is 1. The van der Waals surface area contributed by atoms with E-state index in [1.165, 1.54) is 11.6 Å². The molecule has 154 valence electrons. The van der Waals surface area contributed by atoms with Crippen LogP contribution < -0.4 is 11.2 Å². The van der Waals surface area contributed by atoms with E-state index in [1.54, 1.807) is 35.5 Å². The van der Waals surface area contributed by atoms with Crippen LogP contribution in [0.5, 0.6) is 0 Å². The monoisotopic (exact) mass is 416 g/mol. The first kappa shape index (κ1) is 19.6. The molecule has 0 spiro atoms. The smallest absolute Gasteiger partial charge is 0.332 e. The molecule has 1 fully saturated rings. The maximum Gasteiger partial charge on any atom is 0.332 e. The molecule has 0 radical (unpaired) electrons. The second-order valence-electron chi connectivity index (χ2n) is 7.39. The molecule has 4 rings (SSSR count). The Balaban J connectivity index is 1.47. The van der Waals surface area contributed by atoms with Gasteiger partial charge in [0.05, 0.1) is 12.4 Å². The first-order valence-corrected chi connectivity index (χ1v) is 10.7. The van der Waals surface area contributed by atoms with E-state index in [0.29, 0.717) is 30.6 Å². The highest BCUT2D eigenvalue weighted by molar-refractivity contribution is 7.09. The van der Waals surface area contributed by atoms with Crippen molar-refractivity contribution in [3.63, 3.8) is 0 Å². The van der Waals surface area contributed by atoms with Gasteiger partial charge in [-0.1, -0.05) is 0 Å². The number of rotatable bonds is 5. The minimum Gasteiger partial charge on any atom is -0.333 e. The number of fused-ring (bicyclic) bond motifs is 1. The maximum absolute atomic E-state index is 12.9. The van der Waals surface area contributed by atoms with Gasteiger partial charge in [0, 0.05) is 45.2 Å². The molecule has 1 amide bonds. The summed E-state index contributed by atoms with van der Waals surface area (Å²) >= 11 is 1.60. The highest BCUT2D eigenvalue weighted by Crippen LogP contribution is 2.32. The van der Waals surface area contributed by atoms with Gasteiger partial charge in [-0.05, 0) is 25.7 Å². The summed E-state index contributed by atoms with van der Waals surface area (Å²) in [4.78, 5) is 48.0. The fourth-order valence-corrected chi connectivity index (χ4v) is 4.78. The molecule has 1 aliphatic rings. The number of carbonyl (C=O) groups is 1. The van der Waals surface area contributed by atoms with Crippen molar-refractivity contribution < 1.29 is 4.79 Å². The van der Waals surface area contributed by atoms with E-state index in [9.17, 15) is 14.4 Å². The zero-order valence-corrected chi connectivity index (χ0v) is 17.4. The number of imidazole rings is 1. The quantitative estimate of drug-likeness (QED) is 0.627. The molecule has 3 aromatic heterocycles. The van der Waals surface area contributed by atoms with Crippen molar-refractivity contribution in [2.45, 2.75) is 44.7 Å². The lowest BCUT2D eigenvalue weighted by atomic mass is 10.0. The van der Waals surface area contributed by atoms with Gasteiger partial charge >= 0.3 is 5.69 Å². The van der Waals surface area contributed by atoms with E-state index in [4.69, 9.17) is 0 Å². The predicted octanol–water partition coefficient (Wildman–Crippen LogP) is 1.42. The lowest BCUT2D eigenvalue weighted by molar-refractivity contribution is -0.135. The average molecular weight is 417 g/mol. The minimum atomic E-state index is -0.402. The average Bonchev–Trinajstić information content (AvgIpc) is 3.41. The molecule has 1 atom stereocenters. The summed E-state index contributed by atoms with van der Waals surface area (Å²) in [5.41, 5.74) is -0.0157. The van der Waals surface area contributed by atoms with Gasteiger partial charge in [0.25, 0.3) is 5.56 Å². The molecule has 9 nitrogen and oxygen atoms in total. The molecule has 0 N–H and O–H groups in total. The molecular weight excluding hydrogens is 392 g/mol. The van der Waals surface area contributed by atoms with Gasteiger partial charge in [-0.2, -0.15) is 0 Å². The van der Waals surface area contributed by atoms with Crippen LogP contribution in [0.2, 0.25) is 0 Å². The van der Waals surface area contributed by atoms with Crippen LogP contribution in [0.1, 0.15) is 43.2 Å². The van der Waals surface area contributed by atoms with Crippen LogP contribution >= 0.6 is 11.3 Å². The SMILES string of the molecule is Cn1c(=O)c2c(ncn2CCCC(=O)N2CCCCC2c2nccs2)n(C)c1=O. The number of amides is 1. The van der Waals surface area contributed by atoms with Crippen molar-refractivity contribution in [3.8, 4) is 0 Å². The van der Waals surface area contributed by atoms with Crippen molar-refractivity contribution in [2.75, 3.05) is 6.54 Å². The molecule has 1 aliphatic heterocycles. The van der Waals surface area contributed by atoms with Crippen molar-refractivity contribution >= 4 is 28.4 Å². The second kappa shape index (κ2) is 7.94. The van der Waals surface area contributed by atoms with Gasteiger partial charge in [-0.15, -0.1) is 11.3 Å². The Morgan fingerprint density at radius 3 is 2.79 bits per heavy atom. The van der Waals surface area contributed by atoms with Gasteiger partial charge in [-0.25, -0.2) is 14.8 Å². The number of aromatic nitrogens is 5. The van der Waals surface area contributed by atoms with Gasteiger partial charge in [0.1, 0.15) is 5.01 Å². The fourth-order valence-electron chi connectivity index (χ4n) is 4.00. The summed E-state index contributed by atoms with van der Waals surface area (Å²) in [6.45, 7) is 1.26. The number of hydrogen-bond donors (Lipinski definition) is 0. The minimum absolute atomic E-state index is 0.0761. The van der Waals surface area contributed by atoms with Gasteiger partial charge < -0.3 is 9.47 Å². The van der Waals surface area contributed by atoms with Crippen LogP contribution in [0.4, 0.5) is 0 Å². The Morgan fingerprint density at radius 2 is 2.03 bits per heavy atom. The predicted molar refractivity (Wildman–Crippen MR) is 110 cm³/mol. The van der Waals surface area contributed by atoms with Crippen molar-refractivity contribution in [1.82, 2.24) is 28.6 Å². The molecule has 0 aliphatic carbocycles. The summed E-state index contributed by atoms with van der Waals surface area (Å²) in [6.07, 6.45) is 7.42. The molecule has 0 bridgehead atoms. The number of likely N-dealkylation sites (tertiary alicyclic amines) is 1. The van der Waals surface area contributed by atoms with Gasteiger partial charge in [-0.3, -0.25) is 18.7 Å². The normalized spacial score (nSPS) is 17.2. The Labute approximate surface area is 171 Å². The van der Waals surface area contributed by atoms with E-state index >= 15 is 0 Å². The Kier molecular flexibility index (Phi) is 5.35. The lowest BCUT2D eigenvalue weighted by Gasteiger charge is -2.34. The maximum atomic E-state index is 12.9. The van der Waals surface area contributed by atoms with Crippen LogP contribution in [0, 0.1) is 0 Å². The molecule has 0 saturated carbocycles. The standard InChI is InChI=1S/C19H24N6O3S/c1-22-16-15(18(27)23(2)19(22)28)24(12-21-16)9-5-7-14(26)25-10-4-3-6-13(25)17-20-8-11-29-17/h8,11-13H,3-7,9-10H2,1-2H3. The Bertz CT molecular complexity index is 1140. The Hall–Kier alpha value is -2.75. The molecule has 1 saturated heterocycles. The largest absolute Gasteiger partial charge is 0.333 e. The van der Waals surface area contributed by atoms with Crippen LogP contribution in [-0.2, 0) is 25.4 Å². The van der Waals surface area contributed by atoms with E-state index < -0.39 is 5.69 Å². The van der Waals surface area contributed by atoms with Crippen molar-refractivity contribution in [3.05, 3.63) is 43.7 Å². The molecule has 4 heterocycles. The Morgan fingerprint density at radius 1 is 1.21 bits per heavy atom. The summed E-state index contributed by atoms with van der Waals surface area (Å²) in [5, 5.41) is 2.95. The van der Waals surface area contributed by atoms with Crippen molar-refractivity contribution in [2.24, 2.45) is 14.1 Å². The first-order valence-electron chi connectivity index (χ1n) is 9.78. The summed E-state index contributed by atoms with van der Waals surface area (Å²) < 4.78 is 4.18. The van der Waals surface area contributed by atoms with E-state index in [2.05, 4.69) is 9.97 Å². The number of carbonyl (C=O) groups excluding carboxylic acids is 1. The molecule has 29 heavy (non-hydrogen) atoms. The topological polar surface area (TPSA) is 95.0 Å². The molecular formula is C19H24N6O3S. The van der Waals surface area contributed by atoms with Crippen LogP contribution in [-0.4, -0.2) is 41.0 Å². The fraction of sp³-hybridized carbons (Fsp3) is 0.526. The number of piperidine rings is 1. The number of hydrogen-bond acceptors (Lipinski definition) is 6. The third kappa shape index (κ3) is 3.52. The van der Waals surface area contributed by atoms with Crippen LogP contribution in [0.25, 0.3) is 11.2 Å². The summed E-state index contributed by atoms with van der Waals surface area (Å²) in [5.74, 6) is 0.120. The van der Waals surface area contributed by atoms with E-state index in [0.717, 1.165) is 35.4 Å². The number of nitrogens with zero attached hydrogens (tertiary/aromatic N) is 6. The third-order valence-corrected chi connectivity index (χ3v) is 6.44. The molecule has 10 heteroatoms. The second-order valence-corrected chi connectivity index (χ2v) is 8.31. The van der Waals surface area contributed by atoms with Gasteiger partial charge in [0.2, 0.25) is 5.91 Å². The van der Waals surface area contributed by atoms with Gasteiger partial charge in [0.15, 0.2) is 11.2 Å². The first-order chi connectivity index (χ1) is 14.0. The molecule has 3 aromatic rings. The van der Waals surface area contributed by atoms with Crippen LogP contribution in [0.3, 0.4) is 0 Å². The highest BCUT2D eigenvalue weighted by Gasteiger charge is 2.29. The molecule has 0 aromatic carbocycles. The third-order valence-electron chi connectivity index (χ3n) is 5.57. The van der Waals surface area contributed by atoms with E-state index in [-0.39, 0.29) is 17.5 Å². The summed E-state index contributed by atoms with van der Waals surface area (Å²) in [7, 11) is 3.06. The zero-order valence-electron chi connectivity index (χ0n) is 16.6. The van der Waals surface area contributed by atoms with Crippen LogP contribution in [0.15, 0.2) is 27.5 Å². The molecule has 1 unspecified atom stereocenters. The number of aryl methyl sites for hydroxylation is 2. The lowest BCUT2D eigenvalue weighted by Crippen LogP contribution is -2.38.